The number of hydrogen-bond acceptors (Lipinski definition) is 2. The number of rotatable bonds is 8. The molecule has 0 aromatic heterocycles. The van der Waals surface area contributed by atoms with Gasteiger partial charge in [-0.2, -0.15) is 0 Å². The zero-order valence-electron chi connectivity index (χ0n) is 13.7. The Morgan fingerprint density at radius 1 is 0.458 bits per heavy atom. The minimum atomic E-state index is 0.679. The van der Waals surface area contributed by atoms with Gasteiger partial charge in [0.15, 0.2) is 0 Å². The van der Waals surface area contributed by atoms with Crippen LogP contribution in [0.1, 0.15) is 11.1 Å². The summed E-state index contributed by atoms with van der Waals surface area (Å²) in [4.78, 5) is 0. The zero-order valence-corrected chi connectivity index (χ0v) is 13.7. The molecule has 0 aliphatic heterocycles. The van der Waals surface area contributed by atoms with Gasteiger partial charge < -0.3 is 9.47 Å². The van der Waals surface area contributed by atoms with E-state index in [1.54, 1.807) is 0 Å². The van der Waals surface area contributed by atoms with Crippen LogP contribution in [0, 0.1) is 0 Å². The summed E-state index contributed by atoms with van der Waals surface area (Å²) >= 11 is 0. The lowest BCUT2D eigenvalue weighted by Gasteiger charge is -2.09. The van der Waals surface area contributed by atoms with Crippen molar-refractivity contribution in [1.29, 1.82) is 0 Å². The molecule has 3 aromatic rings. The molecule has 2 nitrogen and oxygen atoms in total. The second-order valence-corrected chi connectivity index (χ2v) is 5.64. The topological polar surface area (TPSA) is 18.5 Å². The lowest BCUT2D eigenvalue weighted by molar-refractivity contribution is 0.313. The van der Waals surface area contributed by atoms with E-state index >= 15 is 0 Å². The average molecular weight is 318 g/mol. The highest BCUT2D eigenvalue weighted by atomic mass is 16.5. The molecule has 0 aliphatic rings. The van der Waals surface area contributed by atoms with Gasteiger partial charge in [0.1, 0.15) is 11.5 Å². The van der Waals surface area contributed by atoms with Gasteiger partial charge in [-0.1, -0.05) is 60.7 Å². The monoisotopic (exact) mass is 318 g/mol. The molecule has 0 atom stereocenters. The Kier molecular flexibility index (Phi) is 5.90. The summed E-state index contributed by atoms with van der Waals surface area (Å²) < 4.78 is 11.6. The van der Waals surface area contributed by atoms with Crippen LogP contribution in [0.5, 0.6) is 11.5 Å². The first-order valence-electron chi connectivity index (χ1n) is 8.34. The maximum Gasteiger partial charge on any atom is 0.119 e. The molecule has 3 aromatic carbocycles. The number of hydrogen-bond donors (Lipinski definition) is 0. The van der Waals surface area contributed by atoms with Crippen LogP contribution in [0.15, 0.2) is 84.9 Å². The fraction of sp³-hybridized carbons (Fsp3) is 0.182. The molecule has 0 spiro atoms. The smallest absolute Gasteiger partial charge is 0.119 e. The van der Waals surface area contributed by atoms with Crippen LogP contribution in [0.3, 0.4) is 0 Å². The van der Waals surface area contributed by atoms with Crippen molar-refractivity contribution in [1.82, 2.24) is 0 Å². The molecule has 24 heavy (non-hydrogen) atoms. The van der Waals surface area contributed by atoms with E-state index in [0.717, 1.165) is 24.3 Å². The number of ether oxygens (including phenoxy) is 2. The highest BCUT2D eigenvalue weighted by Gasteiger charge is 1.98. The summed E-state index contributed by atoms with van der Waals surface area (Å²) in [7, 11) is 0. The molecule has 0 fully saturated rings. The first kappa shape index (κ1) is 16.1. The molecular weight excluding hydrogens is 296 g/mol. The molecule has 0 saturated heterocycles. The van der Waals surface area contributed by atoms with Gasteiger partial charge in [-0.05, 0) is 35.4 Å². The van der Waals surface area contributed by atoms with Crippen LogP contribution in [0.4, 0.5) is 0 Å². The van der Waals surface area contributed by atoms with Gasteiger partial charge in [0.05, 0.1) is 13.2 Å². The molecule has 0 radical (unpaired) electrons. The van der Waals surface area contributed by atoms with Gasteiger partial charge in [-0.3, -0.25) is 0 Å². The minimum absolute atomic E-state index is 0.679. The quantitative estimate of drug-likeness (QED) is 0.586. The summed E-state index contributed by atoms with van der Waals surface area (Å²) in [5.41, 5.74) is 2.58. The number of benzene rings is 3. The van der Waals surface area contributed by atoms with Crippen molar-refractivity contribution in [2.45, 2.75) is 12.8 Å². The van der Waals surface area contributed by atoms with Crippen molar-refractivity contribution in [3.63, 3.8) is 0 Å². The van der Waals surface area contributed by atoms with E-state index in [1.807, 2.05) is 36.4 Å². The van der Waals surface area contributed by atoms with Crippen molar-refractivity contribution in [3.8, 4) is 11.5 Å². The largest absolute Gasteiger partial charge is 0.493 e. The van der Waals surface area contributed by atoms with Crippen LogP contribution in [-0.4, -0.2) is 13.2 Å². The SMILES string of the molecule is c1ccc(CCOc2ccc(OCCc3ccccc3)cc2)cc1. The predicted molar refractivity (Wildman–Crippen MR) is 97.7 cm³/mol. The lowest BCUT2D eigenvalue weighted by atomic mass is 10.2. The first-order valence-corrected chi connectivity index (χ1v) is 8.34. The average Bonchev–Trinajstić information content (AvgIpc) is 2.65. The molecule has 0 N–H and O–H groups in total. The molecule has 0 saturated carbocycles. The van der Waals surface area contributed by atoms with Crippen LogP contribution >= 0.6 is 0 Å². The molecule has 0 heterocycles. The van der Waals surface area contributed by atoms with Gasteiger partial charge >= 0.3 is 0 Å². The van der Waals surface area contributed by atoms with E-state index in [9.17, 15) is 0 Å². The normalized spacial score (nSPS) is 10.3. The van der Waals surface area contributed by atoms with Gasteiger partial charge in [0.2, 0.25) is 0 Å². The summed E-state index contributed by atoms with van der Waals surface area (Å²) in [6.07, 6.45) is 1.83. The summed E-state index contributed by atoms with van der Waals surface area (Å²) in [6.45, 7) is 1.36. The van der Waals surface area contributed by atoms with Crippen molar-refractivity contribution < 1.29 is 9.47 Å². The van der Waals surface area contributed by atoms with Crippen LogP contribution in [-0.2, 0) is 12.8 Å². The Morgan fingerprint density at radius 2 is 0.833 bits per heavy atom. The highest BCUT2D eigenvalue weighted by Crippen LogP contribution is 2.18. The minimum Gasteiger partial charge on any atom is -0.493 e. The van der Waals surface area contributed by atoms with Crippen LogP contribution < -0.4 is 9.47 Å². The second-order valence-electron chi connectivity index (χ2n) is 5.64. The summed E-state index contributed by atoms with van der Waals surface area (Å²) in [6, 6.07) is 28.6. The Hall–Kier alpha value is -2.74. The Morgan fingerprint density at radius 3 is 1.21 bits per heavy atom. The lowest BCUT2D eigenvalue weighted by Crippen LogP contribution is -2.02. The van der Waals surface area contributed by atoms with E-state index in [0.29, 0.717) is 13.2 Å². The van der Waals surface area contributed by atoms with Gasteiger partial charge in [0.25, 0.3) is 0 Å². The second kappa shape index (κ2) is 8.78. The van der Waals surface area contributed by atoms with Crippen molar-refractivity contribution in [2.24, 2.45) is 0 Å². The third-order valence-corrected chi connectivity index (χ3v) is 3.83. The van der Waals surface area contributed by atoms with Crippen molar-refractivity contribution >= 4 is 0 Å². The maximum absolute atomic E-state index is 5.78. The van der Waals surface area contributed by atoms with E-state index in [2.05, 4.69) is 48.5 Å². The highest BCUT2D eigenvalue weighted by molar-refractivity contribution is 5.31. The Bertz CT molecular complexity index is 641. The van der Waals surface area contributed by atoms with Gasteiger partial charge in [0, 0.05) is 12.8 Å². The van der Waals surface area contributed by atoms with E-state index in [4.69, 9.17) is 9.47 Å². The van der Waals surface area contributed by atoms with Crippen molar-refractivity contribution in [3.05, 3.63) is 96.1 Å². The fourth-order valence-electron chi connectivity index (χ4n) is 2.49. The summed E-state index contributed by atoms with van der Waals surface area (Å²) in [5, 5.41) is 0. The van der Waals surface area contributed by atoms with E-state index in [-0.39, 0.29) is 0 Å². The third kappa shape index (κ3) is 5.17. The molecule has 3 rings (SSSR count). The molecular formula is C22H22O2. The van der Waals surface area contributed by atoms with Gasteiger partial charge in [-0.15, -0.1) is 0 Å². The van der Waals surface area contributed by atoms with Crippen LogP contribution in [0.25, 0.3) is 0 Å². The third-order valence-electron chi connectivity index (χ3n) is 3.83. The first-order chi connectivity index (χ1) is 11.9. The fourth-order valence-corrected chi connectivity index (χ4v) is 2.49. The molecule has 0 aliphatic carbocycles. The summed E-state index contributed by atoms with van der Waals surface area (Å²) in [5.74, 6) is 1.75. The molecule has 2 heteroatoms. The molecule has 0 amide bonds. The molecule has 0 unspecified atom stereocenters. The molecule has 122 valence electrons. The Balaban J connectivity index is 1.40. The van der Waals surface area contributed by atoms with Crippen molar-refractivity contribution in [2.75, 3.05) is 13.2 Å². The maximum atomic E-state index is 5.78. The van der Waals surface area contributed by atoms with E-state index < -0.39 is 0 Å². The zero-order chi connectivity index (χ0) is 16.5. The molecule has 0 bridgehead atoms. The standard InChI is InChI=1S/C22H22O2/c1-3-7-19(8-4-1)15-17-23-21-11-13-22(14-12-21)24-18-16-20-9-5-2-6-10-20/h1-14H,15-18H2. The van der Waals surface area contributed by atoms with Gasteiger partial charge in [-0.25, -0.2) is 0 Å². The Labute approximate surface area is 143 Å². The van der Waals surface area contributed by atoms with E-state index in [1.165, 1.54) is 11.1 Å². The predicted octanol–water partition coefficient (Wildman–Crippen LogP) is 4.93. The van der Waals surface area contributed by atoms with Crippen LogP contribution in [0.2, 0.25) is 0 Å².